The zero-order valence-electron chi connectivity index (χ0n) is 17.7. The maximum Gasteiger partial charge on any atom is 0.234 e. The van der Waals surface area contributed by atoms with Gasteiger partial charge in [-0.15, -0.1) is 11.8 Å². The number of anilines is 1. The van der Waals surface area contributed by atoms with Gasteiger partial charge in [-0.05, 0) is 72.5 Å². The van der Waals surface area contributed by atoms with Gasteiger partial charge in [-0.3, -0.25) is 4.79 Å². The fourth-order valence-corrected chi connectivity index (χ4v) is 4.22. The summed E-state index contributed by atoms with van der Waals surface area (Å²) < 4.78 is 5.96. The summed E-state index contributed by atoms with van der Waals surface area (Å²) in [6, 6.07) is 18.8. The summed E-state index contributed by atoms with van der Waals surface area (Å²) in [5.41, 5.74) is 4.05. The molecule has 1 aromatic heterocycles. The molecule has 0 aliphatic heterocycles. The zero-order valence-corrected chi connectivity index (χ0v) is 20.0. The van der Waals surface area contributed by atoms with Gasteiger partial charge in [0.25, 0.3) is 0 Å². The molecular formula is C25H22Cl2N2O2S. The molecule has 1 N–H and O–H groups in total. The van der Waals surface area contributed by atoms with Crippen LogP contribution in [0.1, 0.15) is 31.7 Å². The van der Waals surface area contributed by atoms with Crippen LogP contribution in [0.5, 0.6) is 0 Å². The predicted octanol–water partition coefficient (Wildman–Crippen LogP) is 8.05. The summed E-state index contributed by atoms with van der Waals surface area (Å²) in [6.07, 6.45) is 1.06. The molecule has 0 radical (unpaired) electrons. The molecule has 164 valence electrons. The summed E-state index contributed by atoms with van der Waals surface area (Å²) in [5.74, 6) is 1.05. The summed E-state index contributed by atoms with van der Waals surface area (Å²) in [5, 5.41) is 4.00. The Morgan fingerprint density at radius 1 is 1.09 bits per heavy atom. The quantitative estimate of drug-likeness (QED) is 0.269. The Hall–Kier alpha value is -2.47. The van der Waals surface area contributed by atoms with E-state index in [1.807, 2.05) is 24.3 Å². The molecule has 3 aromatic carbocycles. The van der Waals surface area contributed by atoms with E-state index in [1.54, 1.807) is 24.3 Å². The Morgan fingerprint density at radius 3 is 2.62 bits per heavy atom. The van der Waals surface area contributed by atoms with Gasteiger partial charge in [0, 0.05) is 15.5 Å². The lowest BCUT2D eigenvalue weighted by atomic mass is 9.98. The number of fused-ring (bicyclic) bond motifs is 1. The summed E-state index contributed by atoms with van der Waals surface area (Å²) in [7, 11) is 0. The van der Waals surface area contributed by atoms with Crippen molar-refractivity contribution in [3.8, 4) is 11.5 Å². The monoisotopic (exact) mass is 484 g/mol. The fourth-order valence-electron chi connectivity index (χ4n) is 3.23. The van der Waals surface area contributed by atoms with Crippen molar-refractivity contribution in [2.75, 3.05) is 11.1 Å². The van der Waals surface area contributed by atoms with Crippen molar-refractivity contribution in [3.05, 3.63) is 76.3 Å². The normalized spacial score (nSPS) is 12.1. The molecule has 4 nitrogen and oxygen atoms in total. The third-order valence-corrected chi connectivity index (χ3v) is 6.86. The van der Waals surface area contributed by atoms with Crippen LogP contribution >= 0.6 is 35.0 Å². The second-order valence-electron chi connectivity index (χ2n) is 7.54. The van der Waals surface area contributed by atoms with Gasteiger partial charge < -0.3 is 9.73 Å². The van der Waals surface area contributed by atoms with Crippen LogP contribution in [0.25, 0.3) is 22.6 Å². The van der Waals surface area contributed by atoms with E-state index in [4.69, 9.17) is 27.6 Å². The van der Waals surface area contributed by atoms with Crippen LogP contribution in [0.4, 0.5) is 5.69 Å². The number of halogens is 2. The van der Waals surface area contributed by atoms with Crippen LogP contribution < -0.4 is 5.32 Å². The van der Waals surface area contributed by atoms with Gasteiger partial charge in [0.1, 0.15) is 5.52 Å². The van der Waals surface area contributed by atoms with E-state index >= 15 is 0 Å². The highest BCUT2D eigenvalue weighted by atomic mass is 35.5. The minimum Gasteiger partial charge on any atom is -0.436 e. The lowest BCUT2D eigenvalue weighted by Gasteiger charge is -2.08. The maximum absolute atomic E-state index is 12.5. The number of oxazole rings is 1. The van der Waals surface area contributed by atoms with E-state index in [-0.39, 0.29) is 11.7 Å². The molecule has 32 heavy (non-hydrogen) atoms. The summed E-state index contributed by atoms with van der Waals surface area (Å²) in [6.45, 7) is 4.36. The SMILES string of the molecule is CC[C@H](C)c1ccc2oc(-c3ccc(Cl)c(NC(=O)CSc4ccc(Cl)cc4)c3)nc2c1. The van der Waals surface area contributed by atoms with Crippen LogP contribution in [0.15, 0.2) is 70.0 Å². The van der Waals surface area contributed by atoms with Gasteiger partial charge in [-0.2, -0.15) is 0 Å². The van der Waals surface area contributed by atoms with Crippen molar-refractivity contribution < 1.29 is 9.21 Å². The van der Waals surface area contributed by atoms with Crippen molar-refractivity contribution in [1.82, 2.24) is 4.98 Å². The van der Waals surface area contributed by atoms with Crippen molar-refractivity contribution in [2.45, 2.75) is 31.1 Å². The zero-order chi connectivity index (χ0) is 22.7. The van der Waals surface area contributed by atoms with Crippen LogP contribution in [-0.2, 0) is 4.79 Å². The predicted molar refractivity (Wildman–Crippen MR) is 134 cm³/mol. The second kappa shape index (κ2) is 9.99. The molecule has 0 saturated heterocycles. The number of aromatic nitrogens is 1. The Balaban J connectivity index is 1.50. The van der Waals surface area contributed by atoms with Gasteiger partial charge in [-0.1, -0.05) is 43.1 Å². The minimum absolute atomic E-state index is 0.153. The first-order chi connectivity index (χ1) is 15.4. The van der Waals surface area contributed by atoms with E-state index in [1.165, 1.54) is 17.3 Å². The van der Waals surface area contributed by atoms with Crippen molar-refractivity contribution in [1.29, 1.82) is 0 Å². The average Bonchev–Trinajstić information content (AvgIpc) is 3.23. The number of hydrogen-bond acceptors (Lipinski definition) is 4. The Labute approximate surface area is 201 Å². The summed E-state index contributed by atoms with van der Waals surface area (Å²) in [4.78, 5) is 18.1. The molecule has 0 fully saturated rings. The molecule has 4 rings (SSSR count). The molecule has 1 heterocycles. The van der Waals surface area contributed by atoms with Crippen molar-refractivity contribution in [2.24, 2.45) is 0 Å². The molecule has 0 saturated carbocycles. The van der Waals surface area contributed by atoms with E-state index in [2.05, 4.69) is 36.3 Å². The number of nitrogens with zero attached hydrogens (tertiary/aromatic N) is 1. The van der Waals surface area contributed by atoms with Gasteiger partial charge >= 0.3 is 0 Å². The van der Waals surface area contributed by atoms with Crippen molar-refractivity contribution in [3.63, 3.8) is 0 Å². The number of carbonyl (C=O) groups is 1. The number of carbonyl (C=O) groups excluding carboxylic acids is 1. The Bertz CT molecular complexity index is 1250. The number of benzene rings is 3. The molecule has 0 unspecified atom stereocenters. The molecule has 4 aromatic rings. The Morgan fingerprint density at radius 2 is 1.88 bits per heavy atom. The number of rotatable bonds is 7. The first kappa shape index (κ1) is 22.7. The first-order valence-electron chi connectivity index (χ1n) is 10.3. The molecule has 1 atom stereocenters. The van der Waals surface area contributed by atoms with Crippen LogP contribution in [0.2, 0.25) is 10.0 Å². The van der Waals surface area contributed by atoms with Gasteiger partial charge in [0.2, 0.25) is 11.8 Å². The van der Waals surface area contributed by atoms with Gasteiger partial charge in [0.15, 0.2) is 5.58 Å². The van der Waals surface area contributed by atoms with E-state index < -0.39 is 0 Å². The average molecular weight is 485 g/mol. The Kier molecular flexibility index (Phi) is 7.09. The lowest BCUT2D eigenvalue weighted by molar-refractivity contribution is -0.113. The smallest absolute Gasteiger partial charge is 0.234 e. The van der Waals surface area contributed by atoms with E-state index in [9.17, 15) is 4.79 Å². The van der Waals surface area contributed by atoms with Gasteiger partial charge in [0.05, 0.1) is 16.5 Å². The number of hydrogen-bond donors (Lipinski definition) is 1. The molecule has 0 aliphatic rings. The molecule has 0 aliphatic carbocycles. The number of amides is 1. The maximum atomic E-state index is 12.5. The molecule has 7 heteroatoms. The number of nitrogens with one attached hydrogen (secondary N) is 1. The highest BCUT2D eigenvalue weighted by Gasteiger charge is 2.14. The first-order valence-corrected chi connectivity index (χ1v) is 12.1. The lowest BCUT2D eigenvalue weighted by Crippen LogP contribution is -2.14. The topological polar surface area (TPSA) is 55.1 Å². The van der Waals surface area contributed by atoms with Gasteiger partial charge in [-0.25, -0.2) is 4.98 Å². The largest absolute Gasteiger partial charge is 0.436 e. The molecule has 0 bridgehead atoms. The minimum atomic E-state index is -0.153. The fraction of sp³-hybridized carbons (Fsp3) is 0.200. The molecular weight excluding hydrogens is 463 g/mol. The highest BCUT2D eigenvalue weighted by molar-refractivity contribution is 8.00. The van der Waals surface area contributed by atoms with Crippen LogP contribution in [0.3, 0.4) is 0 Å². The van der Waals surface area contributed by atoms with E-state index in [0.29, 0.717) is 27.5 Å². The molecule has 0 spiro atoms. The second-order valence-corrected chi connectivity index (χ2v) is 9.43. The third-order valence-electron chi connectivity index (χ3n) is 5.26. The molecule has 1 amide bonds. The van der Waals surface area contributed by atoms with Crippen LogP contribution in [0, 0.1) is 0 Å². The van der Waals surface area contributed by atoms with E-state index in [0.717, 1.165) is 28.0 Å². The standard InChI is InChI=1S/C25H22Cl2N2O2S/c1-3-15(2)16-5-11-23-22(12-16)29-25(31-23)17-4-10-20(27)21(13-17)28-24(30)14-32-19-8-6-18(26)7-9-19/h4-13,15H,3,14H2,1-2H3,(H,28,30)/t15-/m0/s1. The van der Waals surface area contributed by atoms with Crippen LogP contribution in [-0.4, -0.2) is 16.6 Å². The third kappa shape index (κ3) is 5.29. The van der Waals surface area contributed by atoms with Crippen molar-refractivity contribution >= 4 is 57.7 Å². The highest BCUT2D eigenvalue weighted by Crippen LogP contribution is 2.32. The number of thioether (sulfide) groups is 1. The summed E-state index contributed by atoms with van der Waals surface area (Å²) >= 11 is 13.7.